The number of hydrogen-bond donors (Lipinski definition) is 0. The van der Waals surface area contributed by atoms with E-state index in [0.717, 1.165) is 6.07 Å². The van der Waals surface area contributed by atoms with Crippen molar-refractivity contribution in [3.05, 3.63) is 87.0 Å². The molecule has 4 aromatic rings. The predicted molar refractivity (Wildman–Crippen MR) is 122 cm³/mol. The Morgan fingerprint density at radius 3 is 2.37 bits per heavy atom. The Balaban J connectivity index is 1.82. The highest BCUT2D eigenvalue weighted by Crippen LogP contribution is 2.40. The molecule has 4 rings (SSSR count). The third-order valence-corrected chi connectivity index (χ3v) is 5.59. The van der Waals surface area contributed by atoms with Gasteiger partial charge in [-0.1, -0.05) is 23.7 Å². The largest absolute Gasteiger partial charge is 0.493 e. The third-order valence-electron chi connectivity index (χ3n) is 5.24. The second-order valence-corrected chi connectivity index (χ2v) is 7.76. The van der Waals surface area contributed by atoms with Crippen LogP contribution in [0.3, 0.4) is 0 Å². The summed E-state index contributed by atoms with van der Waals surface area (Å²) in [7, 11) is 2.70. The van der Waals surface area contributed by atoms with Gasteiger partial charge in [-0.05, 0) is 42.0 Å². The fourth-order valence-corrected chi connectivity index (χ4v) is 3.76. The summed E-state index contributed by atoms with van der Waals surface area (Å²) in [5.74, 6) is -1.58. The first-order chi connectivity index (χ1) is 16.6. The minimum atomic E-state index is -4.98. The van der Waals surface area contributed by atoms with E-state index in [4.69, 9.17) is 30.2 Å². The molecule has 0 aliphatic heterocycles. The SMILES string of the molecule is COc1ccc(-c2c(C(F)(F)F)oc3cc(OCc4c(F)cccc4Cl)ccc3c2=O)cc1OC. The molecule has 0 unspecified atom stereocenters. The van der Waals surface area contributed by atoms with Gasteiger partial charge in [0.15, 0.2) is 11.5 Å². The highest BCUT2D eigenvalue weighted by Gasteiger charge is 2.39. The van der Waals surface area contributed by atoms with E-state index in [1.165, 1.54) is 62.8 Å². The van der Waals surface area contributed by atoms with E-state index in [1.54, 1.807) is 0 Å². The van der Waals surface area contributed by atoms with E-state index >= 15 is 0 Å². The molecule has 3 aromatic carbocycles. The van der Waals surface area contributed by atoms with Gasteiger partial charge < -0.3 is 18.6 Å². The van der Waals surface area contributed by atoms with Gasteiger partial charge in [-0.3, -0.25) is 4.79 Å². The number of fused-ring (bicyclic) bond motifs is 1. The van der Waals surface area contributed by atoms with Crippen molar-refractivity contribution < 1.29 is 36.2 Å². The average Bonchev–Trinajstić information content (AvgIpc) is 2.82. The number of rotatable bonds is 6. The van der Waals surface area contributed by atoms with Crippen LogP contribution in [0.25, 0.3) is 22.1 Å². The summed E-state index contributed by atoms with van der Waals surface area (Å²) in [5.41, 5.74) is -1.88. The van der Waals surface area contributed by atoms with Crippen molar-refractivity contribution in [3.8, 4) is 28.4 Å². The summed E-state index contributed by atoms with van der Waals surface area (Å²) < 4.78 is 76.8. The molecular weight excluding hydrogens is 492 g/mol. The molecule has 0 fully saturated rings. The van der Waals surface area contributed by atoms with Crippen LogP contribution in [0.4, 0.5) is 17.6 Å². The number of benzene rings is 3. The van der Waals surface area contributed by atoms with Crippen molar-refractivity contribution in [3.63, 3.8) is 0 Å². The molecule has 0 saturated heterocycles. The first-order valence-electron chi connectivity index (χ1n) is 10.1. The van der Waals surface area contributed by atoms with Crippen molar-refractivity contribution in [1.82, 2.24) is 0 Å². The Morgan fingerprint density at radius 1 is 0.971 bits per heavy atom. The van der Waals surface area contributed by atoms with E-state index in [-0.39, 0.29) is 51.0 Å². The molecule has 0 bridgehead atoms. The highest BCUT2D eigenvalue weighted by atomic mass is 35.5. The van der Waals surface area contributed by atoms with Gasteiger partial charge in [-0.25, -0.2) is 4.39 Å². The smallest absolute Gasteiger partial charge is 0.450 e. The zero-order valence-electron chi connectivity index (χ0n) is 18.3. The first-order valence-corrected chi connectivity index (χ1v) is 10.5. The van der Waals surface area contributed by atoms with Crippen LogP contribution >= 0.6 is 11.6 Å². The normalized spacial score (nSPS) is 11.5. The molecule has 5 nitrogen and oxygen atoms in total. The molecule has 0 spiro atoms. The minimum Gasteiger partial charge on any atom is -0.493 e. The molecule has 0 radical (unpaired) electrons. The predicted octanol–water partition coefficient (Wildman–Crippen LogP) is 6.87. The van der Waals surface area contributed by atoms with Crippen molar-refractivity contribution in [1.29, 1.82) is 0 Å². The van der Waals surface area contributed by atoms with Crippen LogP contribution in [0.1, 0.15) is 11.3 Å². The van der Waals surface area contributed by atoms with Gasteiger partial charge in [0, 0.05) is 11.6 Å². The zero-order valence-corrected chi connectivity index (χ0v) is 19.1. The van der Waals surface area contributed by atoms with Gasteiger partial charge >= 0.3 is 6.18 Å². The number of hydrogen-bond acceptors (Lipinski definition) is 5. The van der Waals surface area contributed by atoms with Crippen molar-refractivity contribution >= 4 is 22.6 Å². The molecule has 0 N–H and O–H groups in total. The topological polar surface area (TPSA) is 57.9 Å². The summed E-state index contributed by atoms with van der Waals surface area (Å²) in [4.78, 5) is 13.2. The monoisotopic (exact) mass is 508 g/mol. The Labute approximate surface area is 201 Å². The van der Waals surface area contributed by atoms with E-state index in [1.807, 2.05) is 0 Å². The maximum absolute atomic E-state index is 14.0. The van der Waals surface area contributed by atoms with Gasteiger partial charge in [-0.2, -0.15) is 13.2 Å². The summed E-state index contributed by atoms with van der Waals surface area (Å²) in [6.45, 7) is -0.281. The summed E-state index contributed by atoms with van der Waals surface area (Å²) in [6.07, 6.45) is -4.98. The van der Waals surface area contributed by atoms with E-state index in [9.17, 15) is 22.4 Å². The molecular formula is C25H17ClF4O5. The van der Waals surface area contributed by atoms with Crippen LogP contribution in [0.5, 0.6) is 17.2 Å². The molecule has 10 heteroatoms. The number of methoxy groups -OCH3 is 2. The highest BCUT2D eigenvalue weighted by molar-refractivity contribution is 6.31. The fraction of sp³-hybridized carbons (Fsp3) is 0.160. The molecule has 35 heavy (non-hydrogen) atoms. The summed E-state index contributed by atoms with van der Waals surface area (Å²) >= 11 is 5.98. The van der Waals surface area contributed by atoms with Gasteiger partial charge in [0.25, 0.3) is 0 Å². The molecule has 0 aliphatic rings. The maximum atomic E-state index is 14.0. The van der Waals surface area contributed by atoms with Crippen LogP contribution in [0.15, 0.2) is 63.8 Å². The number of alkyl halides is 3. The van der Waals surface area contributed by atoms with Gasteiger partial charge in [-0.15, -0.1) is 0 Å². The van der Waals surface area contributed by atoms with Crippen LogP contribution in [0, 0.1) is 5.82 Å². The van der Waals surface area contributed by atoms with Crippen molar-refractivity contribution in [2.45, 2.75) is 12.8 Å². The Kier molecular flexibility index (Phi) is 6.62. The quantitative estimate of drug-likeness (QED) is 0.266. The molecule has 0 atom stereocenters. The lowest BCUT2D eigenvalue weighted by molar-refractivity contribution is -0.152. The summed E-state index contributed by atoms with van der Waals surface area (Å²) in [5, 5.41) is 0.0373. The Morgan fingerprint density at radius 2 is 1.71 bits per heavy atom. The Bertz CT molecular complexity index is 1440. The standard InChI is InChI=1S/C25H17ClF4O5/c1-32-19-9-6-13(10-21(19)33-2)22-23(31)15-8-7-14(11-20(15)35-24(22)25(28,29)30)34-12-16-17(26)4-3-5-18(16)27/h3-11H,12H2,1-2H3. The minimum absolute atomic E-state index is 0.0554. The first kappa shape index (κ1) is 24.4. The van der Waals surface area contributed by atoms with Gasteiger partial charge in [0.1, 0.15) is 23.8 Å². The molecule has 0 saturated carbocycles. The number of ether oxygens (including phenoxy) is 3. The summed E-state index contributed by atoms with van der Waals surface area (Å²) in [6, 6.07) is 11.9. The van der Waals surface area contributed by atoms with Crippen LogP contribution in [-0.2, 0) is 12.8 Å². The van der Waals surface area contributed by atoms with E-state index < -0.39 is 28.7 Å². The zero-order chi connectivity index (χ0) is 25.3. The Hall–Kier alpha value is -3.72. The molecule has 182 valence electrons. The van der Waals surface area contributed by atoms with Crippen molar-refractivity contribution in [2.24, 2.45) is 0 Å². The second kappa shape index (κ2) is 9.50. The van der Waals surface area contributed by atoms with Crippen molar-refractivity contribution in [2.75, 3.05) is 14.2 Å². The van der Waals surface area contributed by atoms with Crippen LogP contribution < -0.4 is 19.6 Å². The molecule has 1 heterocycles. The average molecular weight is 509 g/mol. The van der Waals surface area contributed by atoms with Gasteiger partial charge in [0.2, 0.25) is 11.2 Å². The fourth-order valence-electron chi connectivity index (χ4n) is 3.54. The van der Waals surface area contributed by atoms with Crippen LogP contribution in [0.2, 0.25) is 5.02 Å². The molecule has 0 amide bonds. The molecule has 0 aliphatic carbocycles. The van der Waals surface area contributed by atoms with E-state index in [2.05, 4.69) is 0 Å². The lowest BCUT2D eigenvalue weighted by Gasteiger charge is -2.15. The van der Waals surface area contributed by atoms with Crippen LogP contribution in [-0.4, -0.2) is 14.2 Å². The molecule has 1 aromatic heterocycles. The van der Waals surface area contributed by atoms with Gasteiger partial charge in [0.05, 0.1) is 30.2 Å². The second-order valence-electron chi connectivity index (χ2n) is 7.35. The lowest BCUT2D eigenvalue weighted by atomic mass is 10.0. The van der Waals surface area contributed by atoms with E-state index in [0.29, 0.717) is 0 Å². The lowest BCUT2D eigenvalue weighted by Crippen LogP contribution is -2.16. The maximum Gasteiger partial charge on any atom is 0.450 e. The third kappa shape index (κ3) is 4.77. The number of halogens is 5.